The van der Waals surface area contributed by atoms with Crippen molar-refractivity contribution in [3.05, 3.63) is 84.9 Å². The van der Waals surface area contributed by atoms with Crippen LogP contribution in [0, 0.1) is 0 Å². The van der Waals surface area contributed by atoms with Crippen LogP contribution in [0.3, 0.4) is 0 Å². The number of aliphatic hydroxyl groups is 1. The Kier molecular flexibility index (Phi) is 9.25. The second-order valence-corrected chi connectivity index (χ2v) is 8.33. The lowest BCUT2D eigenvalue weighted by molar-refractivity contribution is -0.121. The Morgan fingerprint density at radius 1 is 1.06 bits per heavy atom. The van der Waals surface area contributed by atoms with E-state index in [0.717, 1.165) is 11.4 Å². The van der Waals surface area contributed by atoms with E-state index in [9.17, 15) is 9.59 Å². The van der Waals surface area contributed by atoms with Gasteiger partial charge in [-0.3, -0.25) is 9.59 Å². The van der Waals surface area contributed by atoms with Crippen molar-refractivity contribution in [3.8, 4) is 5.75 Å². The van der Waals surface area contributed by atoms with Gasteiger partial charge in [-0.25, -0.2) is 9.89 Å². The first-order valence-corrected chi connectivity index (χ1v) is 11.7. The highest BCUT2D eigenvalue weighted by Gasteiger charge is 2.41. The zero-order valence-electron chi connectivity index (χ0n) is 19.0. The maximum atomic E-state index is 13.1. The van der Waals surface area contributed by atoms with E-state index in [1.54, 1.807) is 38.3 Å². The Labute approximate surface area is 203 Å². The molecule has 0 aliphatic carbocycles. The number of para-hydroxylation sites is 2. The number of imide groups is 1. The van der Waals surface area contributed by atoms with Gasteiger partial charge in [0.05, 0.1) is 18.5 Å². The standard InChI is InChI=1S/C24H21N3O3S.C2H6O/c1-30-20-14-8-13-19(15-20)27-22(28)16-21(23(27)29)31-24(25-17-9-4-2-5-10-17)26-18-11-6-3-7-12-18;1-2-3/h2-15,21H,16H2,1H3,(H,25,26);3H,2H2,1H3. The van der Waals surface area contributed by atoms with Crippen LogP contribution in [0.1, 0.15) is 13.3 Å². The third-order valence-electron chi connectivity index (χ3n) is 4.68. The van der Waals surface area contributed by atoms with E-state index in [2.05, 4.69) is 10.3 Å². The highest BCUT2D eigenvalue weighted by atomic mass is 32.2. The van der Waals surface area contributed by atoms with Crippen molar-refractivity contribution >= 4 is 45.8 Å². The number of thioether (sulfide) groups is 1. The number of amidine groups is 1. The molecular formula is C26H27N3O4S. The number of aliphatic hydroxyl groups excluding tert-OH is 1. The normalized spacial score (nSPS) is 15.6. The predicted octanol–water partition coefficient (Wildman–Crippen LogP) is 4.86. The van der Waals surface area contributed by atoms with Gasteiger partial charge in [-0.15, -0.1) is 0 Å². The zero-order chi connectivity index (χ0) is 24.3. The summed E-state index contributed by atoms with van der Waals surface area (Å²) in [5.41, 5.74) is 2.12. The molecule has 2 amide bonds. The molecule has 0 saturated carbocycles. The lowest BCUT2D eigenvalue weighted by atomic mass is 10.3. The Morgan fingerprint density at radius 3 is 2.35 bits per heavy atom. The van der Waals surface area contributed by atoms with Crippen LogP contribution in [0.2, 0.25) is 0 Å². The van der Waals surface area contributed by atoms with Crippen molar-refractivity contribution in [3.63, 3.8) is 0 Å². The number of amides is 2. The quantitative estimate of drug-likeness (QED) is 0.310. The molecule has 1 atom stereocenters. The summed E-state index contributed by atoms with van der Waals surface area (Å²) in [5, 5.41) is 10.8. The molecule has 0 aromatic heterocycles. The van der Waals surface area contributed by atoms with Crippen molar-refractivity contribution in [2.45, 2.75) is 18.6 Å². The van der Waals surface area contributed by atoms with Crippen LogP contribution < -0.4 is 15.0 Å². The van der Waals surface area contributed by atoms with E-state index in [-0.39, 0.29) is 24.8 Å². The van der Waals surface area contributed by atoms with Gasteiger partial charge in [0.15, 0.2) is 5.17 Å². The minimum absolute atomic E-state index is 0.102. The maximum absolute atomic E-state index is 13.1. The molecule has 4 rings (SSSR count). The maximum Gasteiger partial charge on any atom is 0.247 e. The fourth-order valence-electron chi connectivity index (χ4n) is 3.20. The molecule has 0 spiro atoms. The number of methoxy groups -OCH3 is 1. The fourth-order valence-corrected chi connectivity index (χ4v) is 4.24. The van der Waals surface area contributed by atoms with Crippen LogP contribution in [0.4, 0.5) is 17.1 Å². The molecule has 1 aliphatic rings. The van der Waals surface area contributed by atoms with E-state index < -0.39 is 5.25 Å². The summed E-state index contributed by atoms with van der Waals surface area (Å²) < 4.78 is 5.23. The van der Waals surface area contributed by atoms with Crippen molar-refractivity contribution in [1.29, 1.82) is 0 Å². The summed E-state index contributed by atoms with van der Waals surface area (Å²) >= 11 is 1.26. The van der Waals surface area contributed by atoms with Crippen LogP contribution in [-0.4, -0.2) is 41.1 Å². The summed E-state index contributed by atoms with van der Waals surface area (Å²) in [5.74, 6) is 0.0830. The third kappa shape index (κ3) is 6.69. The SMILES string of the molecule is CCO.COc1cccc(N2C(=O)CC(SC(=Nc3ccccc3)Nc3ccccc3)C2=O)c1. The molecule has 1 heterocycles. The molecular weight excluding hydrogens is 450 g/mol. The number of rotatable bonds is 5. The highest BCUT2D eigenvalue weighted by molar-refractivity contribution is 8.15. The second-order valence-electron chi connectivity index (χ2n) is 7.14. The van der Waals surface area contributed by atoms with Gasteiger partial charge in [0.25, 0.3) is 0 Å². The van der Waals surface area contributed by atoms with Gasteiger partial charge >= 0.3 is 0 Å². The first-order valence-electron chi connectivity index (χ1n) is 10.8. The van der Waals surface area contributed by atoms with Gasteiger partial charge in [-0.05, 0) is 43.3 Å². The molecule has 3 aromatic rings. The van der Waals surface area contributed by atoms with Crippen LogP contribution >= 0.6 is 11.8 Å². The molecule has 0 bridgehead atoms. The predicted molar refractivity (Wildman–Crippen MR) is 138 cm³/mol. The first-order chi connectivity index (χ1) is 16.5. The minimum Gasteiger partial charge on any atom is -0.497 e. The van der Waals surface area contributed by atoms with Crippen molar-refractivity contribution in [1.82, 2.24) is 0 Å². The summed E-state index contributed by atoms with van der Waals surface area (Å²) in [7, 11) is 1.55. The van der Waals surface area contributed by atoms with Gasteiger partial charge in [-0.1, -0.05) is 54.2 Å². The molecule has 8 heteroatoms. The molecule has 176 valence electrons. The number of nitrogens with one attached hydrogen (secondary N) is 1. The topological polar surface area (TPSA) is 91.2 Å². The molecule has 0 radical (unpaired) electrons. The molecule has 1 unspecified atom stereocenters. The summed E-state index contributed by atoms with van der Waals surface area (Å²) in [6.07, 6.45) is 0.102. The van der Waals surface area contributed by atoms with Crippen molar-refractivity contribution < 1.29 is 19.4 Å². The number of hydrogen-bond acceptors (Lipinski definition) is 6. The Hall–Kier alpha value is -3.62. The number of hydrogen-bond donors (Lipinski definition) is 2. The Morgan fingerprint density at radius 2 is 1.71 bits per heavy atom. The molecule has 1 fully saturated rings. The van der Waals surface area contributed by atoms with Crippen molar-refractivity contribution in [2.75, 3.05) is 23.9 Å². The van der Waals surface area contributed by atoms with E-state index in [1.807, 2.05) is 60.7 Å². The lowest BCUT2D eigenvalue weighted by Crippen LogP contribution is -2.31. The van der Waals surface area contributed by atoms with Gasteiger partial charge in [0.1, 0.15) is 11.0 Å². The molecule has 1 aliphatic heterocycles. The average molecular weight is 478 g/mol. The van der Waals surface area contributed by atoms with Crippen LogP contribution in [0.5, 0.6) is 5.75 Å². The highest BCUT2D eigenvalue weighted by Crippen LogP contribution is 2.33. The monoisotopic (exact) mass is 477 g/mol. The summed E-state index contributed by atoms with van der Waals surface area (Å²) in [4.78, 5) is 31.7. The van der Waals surface area contributed by atoms with E-state index >= 15 is 0 Å². The number of benzene rings is 3. The first kappa shape index (κ1) is 25.0. The molecule has 34 heavy (non-hydrogen) atoms. The molecule has 3 aromatic carbocycles. The Balaban J connectivity index is 0.00000103. The van der Waals surface area contributed by atoms with E-state index in [1.165, 1.54) is 16.7 Å². The number of aliphatic imine (C=N–C) groups is 1. The second kappa shape index (κ2) is 12.6. The van der Waals surface area contributed by atoms with Crippen molar-refractivity contribution in [2.24, 2.45) is 4.99 Å². The lowest BCUT2D eigenvalue weighted by Gasteiger charge is -2.16. The Bertz CT molecular complexity index is 1120. The van der Waals surface area contributed by atoms with E-state index in [0.29, 0.717) is 16.6 Å². The van der Waals surface area contributed by atoms with Crippen LogP contribution in [0.25, 0.3) is 0 Å². The largest absolute Gasteiger partial charge is 0.497 e. The average Bonchev–Trinajstić information content (AvgIpc) is 3.13. The number of ether oxygens (including phenoxy) is 1. The van der Waals surface area contributed by atoms with Gasteiger partial charge < -0.3 is 15.2 Å². The van der Waals surface area contributed by atoms with Gasteiger partial charge in [0, 0.05) is 24.8 Å². The zero-order valence-corrected chi connectivity index (χ0v) is 19.9. The van der Waals surface area contributed by atoms with Crippen LogP contribution in [0.15, 0.2) is 89.9 Å². The van der Waals surface area contributed by atoms with Crippen LogP contribution in [-0.2, 0) is 9.59 Å². The minimum atomic E-state index is -0.572. The van der Waals surface area contributed by atoms with Gasteiger partial charge in [-0.2, -0.15) is 0 Å². The number of carbonyl (C=O) groups is 2. The molecule has 7 nitrogen and oxygen atoms in total. The number of nitrogens with zero attached hydrogens (tertiary/aromatic N) is 2. The number of anilines is 2. The smallest absolute Gasteiger partial charge is 0.247 e. The fraction of sp³-hybridized carbons (Fsp3) is 0.192. The number of carbonyl (C=O) groups excluding carboxylic acids is 2. The third-order valence-corrected chi connectivity index (χ3v) is 5.75. The molecule has 1 saturated heterocycles. The van der Waals surface area contributed by atoms with E-state index in [4.69, 9.17) is 9.84 Å². The molecule has 2 N–H and O–H groups in total. The summed E-state index contributed by atoms with van der Waals surface area (Å²) in [6.45, 7) is 1.93. The van der Waals surface area contributed by atoms with Gasteiger partial charge in [0.2, 0.25) is 11.8 Å². The summed E-state index contributed by atoms with van der Waals surface area (Å²) in [6, 6.07) is 26.0.